The molecule has 1 saturated heterocycles. The van der Waals surface area contributed by atoms with Crippen LogP contribution in [0.1, 0.15) is 18.5 Å². The molecule has 6 heteroatoms. The monoisotopic (exact) mass is 395 g/mol. The van der Waals surface area contributed by atoms with E-state index >= 15 is 0 Å². The van der Waals surface area contributed by atoms with Gasteiger partial charge in [-0.2, -0.15) is 0 Å². The number of ether oxygens (including phenoxy) is 1. The molecule has 1 heterocycles. The molecule has 0 N–H and O–H groups in total. The highest BCUT2D eigenvalue weighted by Gasteiger charge is 2.30. The summed E-state index contributed by atoms with van der Waals surface area (Å²) in [6.07, 6.45) is 0. The van der Waals surface area contributed by atoms with Crippen molar-refractivity contribution in [2.75, 3.05) is 51.3 Å². The number of amides is 1. The van der Waals surface area contributed by atoms with Gasteiger partial charge < -0.3 is 14.5 Å². The molecule has 0 saturated carbocycles. The van der Waals surface area contributed by atoms with Crippen LogP contribution in [-0.2, 0) is 14.3 Å². The van der Waals surface area contributed by atoms with Crippen molar-refractivity contribution in [1.82, 2.24) is 9.80 Å². The van der Waals surface area contributed by atoms with Gasteiger partial charge in [0.25, 0.3) is 0 Å². The maximum atomic E-state index is 13.3. The summed E-state index contributed by atoms with van der Waals surface area (Å²) in [5, 5.41) is 0. The number of benzene rings is 2. The number of anilines is 1. The smallest absolute Gasteiger partial charge is 0.326 e. The molecule has 1 aliphatic rings. The molecular formula is C23H29N3O3. The third-order valence-electron chi connectivity index (χ3n) is 5.18. The Morgan fingerprint density at radius 3 is 2.34 bits per heavy atom. The second-order valence-electron chi connectivity index (χ2n) is 7.28. The highest BCUT2D eigenvalue weighted by molar-refractivity contribution is 5.98. The van der Waals surface area contributed by atoms with Crippen molar-refractivity contribution < 1.29 is 14.3 Å². The van der Waals surface area contributed by atoms with Gasteiger partial charge in [-0.3, -0.25) is 14.5 Å². The Balaban J connectivity index is 1.79. The fourth-order valence-electron chi connectivity index (χ4n) is 3.66. The van der Waals surface area contributed by atoms with Gasteiger partial charge in [-0.05, 0) is 31.7 Å². The van der Waals surface area contributed by atoms with Crippen LogP contribution < -0.4 is 4.90 Å². The molecule has 1 fully saturated rings. The molecule has 1 atom stereocenters. The average molecular weight is 396 g/mol. The Labute approximate surface area is 172 Å². The van der Waals surface area contributed by atoms with Gasteiger partial charge in [-0.1, -0.05) is 48.5 Å². The Morgan fingerprint density at radius 1 is 1.03 bits per heavy atom. The minimum atomic E-state index is -0.400. The van der Waals surface area contributed by atoms with Crippen LogP contribution in [0.5, 0.6) is 0 Å². The van der Waals surface area contributed by atoms with Gasteiger partial charge in [0.15, 0.2) is 0 Å². The van der Waals surface area contributed by atoms with Gasteiger partial charge in [0, 0.05) is 31.4 Å². The number of piperazine rings is 1. The number of carbonyl (C=O) groups is 2. The third-order valence-corrected chi connectivity index (χ3v) is 5.18. The first-order chi connectivity index (χ1) is 14.1. The Morgan fingerprint density at radius 2 is 1.69 bits per heavy atom. The van der Waals surface area contributed by atoms with Crippen molar-refractivity contribution in [2.45, 2.75) is 13.0 Å². The first-order valence-corrected chi connectivity index (χ1v) is 10.1. The minimum absolute atomic E-state index is 0.0829. The van der Waals surface area contributed by atoms with Crippen LogP contribution in [0.4, 0.5) is 5.69 Å². The van der Waals surface area contributed by atoms with Crippen molar-refractivity contribution in [3.8, 4) is 0 Å². The molecule has 2 aromatic rings. The summed E-state index contributed by atoms with van der Waals surface area (Å²) in [4.78, 5) is 31.4. The van der Waals surface area contributed by atoms with Crippen LogP contribution in [0.3, 0.4) is 0 Å². The summed E-state index contributed by atoms with van der Waals surface area (Å²) in [5.74, 6) is -0.502. The van der Waals surface area contributed by atoms with Crippen molar-refractivity contribution >= 4 is 17.6 Å². The number of carbonyl (C=O) groups excluding carboxylic acids is 2. The zero-order valence-electron chi connectivity index (χ0n) is 17.2. The number of nitrogens with zero attached hydrogens (tertiary/aromatic N) is 3. The van der Waals surface area contributed by atoms with Crippen LogP contribution >= 0.6 is 0 Å². The average Bonchev–Trinajstić information content (AvgIpc) is 2.74. The summed E-state index contributed by atoms with van der Waals surface area (Å²) < 4.78 is 5.09. The van der Waals surface area contributed by atoms with Gasteiger partial charge in [0.05, 0.1) is 13.2 Å². The SMILES string of the molecule is CCOC(=O)CN(C(=O)CN1CCN(C)CC1c1ccccc1)c1ccccc1. The first kappa shape index (κ1) is 21.0. The molecule has 0 aromatic heterocycles. The maximum absolute atomic E-state index is 13.3. The van der Waals surface area contributed by atoms with Crippen LogP contribution in [0.15, 0.2) is 60.7 Å². The molecule has 2 aromatic carbocycles. The van der Waals surface area contributed by atoms with E-state index < -0.39 is 5.97 Å². The van der Waals surface area contributed by atoms with E-state index in [2.05, 4.69) is 29.0 Å². The molecule has 1 aliphatic heterocycles. The van der Waals surface area contributed by atoms with Crippen molar-refractivity contribution in [3.63, 3.8) is 0 Å². The zero-order chi connectivity index (χ0) is 20.6. The Hall–Kier alpha value is -2.70. The molecule has 0 aliphatic carbocycles. The second-order valence-corrected chi connectivity index (χ2v) is 7.28. The van der Waals surface area contributed by atoms with E-state index in [0.29, 0.717) is 12.3 Å². The predicted molar refractivity (Wildman–Crippen MR) is 114 cm³/mol. The lowest BCUT2D eigenvalue weighted by Gasteiger charge is -2.40. The maximum Gasteiger partial charge on any atom is 0.326 e. The molecular weight excluding hydrogens is 366 g/mol. The number of para-hydroxylation sites is 1. The lowest BCUT2D eigenvalue weighted by Crippen LogP contribution is -2.51. The molecule has 0 bridgehead atoms. The highest BCUT2D eigenvalue weighted by Crippen LogP contribution is 2.25. The summed E-state index contributed by atoms with van der Waals surface area (Å²) in [7, 11) is 2.10. The van der Waals surface area contributed by atoms with E-state index in [-0.39, 0.29) is 25.0 Å². The van der Waals surface area contributed by atoms with Crippen LogP contribution in [0.2, 0.25) is 0 Å². The van der Waals surface area contributed by atoms with Crippen molar-refractivity contribution in [2.24, 2.45) is 0 Å². The molecule has 154 valence electrons. The molecule has 29 heavy (non-hydrogen) atoms. The number of hydrogen-bond donors (Lipinski definition) is 0. The number of esters is 1. The molecule has 1 unspecified atom stereocenters. The van der Waals surface area contributed by atoms with E-state index in [0.717, 1.165) is 19.6 Å². The van der Waals surface area contributed by atoms with Gasteiger partial charge in [-0.25, -0.2) is 0 Å². The third kappa shape index (κ3) is 5.65. The van der Waals surface area contributed by atoms with Gasteiger partial charge in [0.2, 0.25) is 5.91 Å². The summed E-state index contributed by atoms with van der Waals surface area (Å²) >= 11 is 0. The van der Waals surface area contributed by atoms with E-state index in [9.17, 15) is 9.59 Å². The molecule has 3 rings (SSSR count). The first-order valence-electron chi connectivity index (χ1n) is 10.1. The topological polar surface area (TPSA) is 53.1 Å². The minimum Gasteiger partial charge on any atom is -0.465 e. The molecule has 0 spiro atoms. The zero-order valence-corrected chi connectivity index (χ0v) is 17.2. The van der Waals surface area contributed by atoms with Crippen molar-refractivity contribution in [3.05, 3.63) is 66.2 Å². The van der Waals surface area contributed by atoms with Crippen molar-refractivity contribution in [1.29, 1.82) is 0 Å². The lowest BCUT2D eigenvalue weighted by molar-refractivity contribution is -0.142. The van der Waals surface area contributed by atoms with E-state index in [4.69, 9.17) is 4.74 Å². The molecule has 0 radical (unpaired) electrons. The fourth-order valence-corrected chi connectivity index (χ4v) is 3.66. The van der Waals surface area contributed by atoms with E-state index in [1.807, 2.05) is 48.5 Å². The number of rotatable bonds is 7. The Bertz CT molecular complexity index is 798. The van der Waals surface area contributed by atoms with Crippen LogP contribution in [-0.4, -0.2) is 68.1 Å². The molecule has 6 nitrogen and oxygen atoms in total. The van der Waals surface area contributed by atoms with Gasteiger partial charge >= 0.3 is 5.97 Å². The largest absolute Gasteiger partial charge is 0.465 e. The standard InChI is InChI=1S/C23H29N3O3/c1-3-29-23(28)18-26(20-12-8-5-9-13-20)22(27)17-25-15-14-24(2)16-21(25)19-10-6-4-7-11-19/h4-13,21H,3,14-18H2,1-2H3. The quantitative estimate of drug-likeness (QED) is 0.675. The number of likely N-dealkylation sites (N-methyl/N-ethyl adjacent to an activating group) is 1. The normalized spacial score (nSPS) is 17.7. The van der Waals surface area contributed by atoms with E-state index in [1.54, 1.807) is 6.92 Å². The van der Waals surface area contributed by atoms with Crippen LogP contribution in [0, 0.1) is 0 Å². The van der Waals surface area contributed by atoms with Gasteiger partial charge in [-0.15, -0.1) is 0 Å². The predicted octanol–water partition coefficient (Wildman–Crippen LogP) is 2.57. The summed E-state index contributed by atoms with van der Waals surface area (Å²) in [6, 6.07) is 19.7. The Kier molecular flexibility index (Phi) is 7.38. The molecule has 1 amide bonds. The number of hydrogen-bond acceptors (Lipinski definition) is 5. The van der Waals surface area contributed by atoms with Crippen LogP contribution in [0.25, 0.3) is 0 Å². The fraction of sp³-hybridized carbons (Fsp3) is 0.391. The second kappa shape index (κ2) is 10.2. The summed E-state index contributed by atoms with van der Waals surface area (Å²) in [5.41, 5.74) is 1.90. The summed E-state index contributed by atoms with van der Waals surface area (Å²) in [6.45, 7) is 4.79. The highest BCUT2D eigenvalue weighted by atomic mass is 16.5. The van der Waals surface area contributed by atoms with Gasteiger partial charge in [0.1, 0.15) is 6.54 Å². The lowest BCUT2D eigenvalue weighted by atomic mass is 10.0. The van der Waals surface area contributed by atoms with E-state index in [1.165, 1.54) is 10.5 Å².